The Hall–Kier alpha value is -1.33. The van der Waals surface area contributed by atoms with Gasteiger partial charge < -0.3 is 10.2 Å². The van der Waals surface area contributed by atoms with Crippen LogP contribution in [0.2, 0.25) is 0 Å². The van der Waals surface area contributed by atoms with E-state index in [2.05, 4.69) is 16.9 Å². The highest BCUT2D eigenvalue weighted by atomic mass is 32.2. The molecule has 1 atom stereocenters. The fourth-order valence-electron chi connectivity index (χ4n) is 1.35. The molecule has 0 fully saturated rings. The van der Waals surface area contributed by atoms with Crippen LogP contribution in [0.3, 0.4) is 0 Å². The number of rotatable bonds is 5. The third kappa shape index (κ3) is 3.57. The minimum absolute atomic E-state index is 0.159. The highest BCUT2D eigenvalue weighted by molar-refractivity contribution is 7.99. The third-order valence-electron chi connectivity index (χ3n) is 2.36. The summed E-state index contributed by atoms with van der Waals surface area (Å²) in [6.07, 6.45) is 5.15. The molecule has 0 aliphatic rings. The summed E-state index contributed by atoms with van der Waals surface area (Å²) in [5.74, 6) is 0.915. The van der Waals surface area contributed by atoms with Crippen molar-refractivity contribution in [1.82, 2.24) is 9.97 Å². The van der Waals surface area contributed by atoms with Crippen molar-refractivity contribution in [2.45, 2.75) is 36.1 Å². The molecule has 0 aliphatic carbocycles. The Morgan fingerprint density at radius 3 is 2.82 bits per heavy atom. The van der Waals surface area contributed by atoms with Crippen molar-refractivity contribution in [3.63, 3.8) is 0 Å². The smallest absolute Gasteiger partial charge is 0.195 e. The Morgan fingerprint density at radius 1 is 1.35 bits per heavy atom. The Balaban J connectivity index is 1.99. The summed E-state index contributed by atoms with van der Waals surface area (Å²) in [6.45, 7) is 2.07. The predicted molar refractivity (Wildman–Crippen MR) is 66.8 cm³/mol. The number of hydrogen-bond donors (Lipinski definition) is 1. The van der Waals surface area contributed by atoms with Gasteiger partial charge in [-0.05, 0) is 36.4 Å². The van der Waals surface area contributed by atoms with E-state index in [-0.39, 0.29) is 6.04 Å². The summed E-state index contributed by atoms with van der Waals surface area (Å²) in [4.78, 5) is 8.26. The van der Waals surface area contributed by atoms with Crippen molar-refractivity contribution in [2.24, 2.45) is 5.73 Å². The first kappa shape index (κ1) is 12.1. The van der Waals surface area contributed by atoms with E-state index < -0.39 is 0 Å². The SMILES string of the molecule is CCC(N)Cc1ccc(Sc2ncccn2)o1. The maximum absolute atomic E-state index is 5.88. The summed E-state index contributed by atoms with van der Waals surface area (Å²) in [7, 11) is 0. The highest BCUT2D eigenvalue weighted by Gasteiger charge is 2.08. The van der Waals surface area contributed by atoms with Crippen LogP contribution in [-0.4, -0.2) is 16.0 Å². The van der Waals surface area contributed by atoms with Gasteiger partial charge in [-0.2, -0.15) is 0 Å². The molecule has 17 heavy (non-hydrogen) atoms. The van der Waals surface area contributed by atoms with Gasteiger partial charge in [0, 0.05) is 24.9 Å². The van der Waals surface area contributed by atoms with Crippen molar-refractivity contribution in [3.05, 3.63) is 36.4 Å². The maximum atomic E-state index is 5.88. The van der Waals surface area contributed by atoms with E-state index in [9.17, 15) is 0 Å². The quantitative estimate of drug-likeness (QED) is 0.825. The zero-order valence-electron chi connectivity index (χ0n) is 9.67. The molecule has 0 amide bonds. The van der Waals surface area contributed by atoms with Crippen molar-refractivity contribution in [3.8, 4) is 0 Å². The van der Waals surface area contributed by atoms with Gasteiger partial charge in [-0.3, -0.25) is 0 Å². The van der Waals surface area contributed by atoms with Crippen LogP contribution < -0.4 is 5.73 Å². The van der Waals surface area contributed by atoms with Crippen LogP contribution in [0.15, 0.2) is 45.3 Å². The first-order valence-electron chi connectivity index (χ1n) is 5.57. The first-order valence-corrected chi connectivity index (χ1v) is 6.38. The molecule has 2 rings (SSSR count). The Kier molecular flexibility index (Phi) is 4.17. The summed E-state index contributed by atoms with van der Waals surface area (Å²) < 4.78 is 5.66. The van der Waals surface area contributed by atoms with Crippen LogP contribution in [0.5, 0.6) is 0 Å². The number of furan rings is 1. The van der Waals surface area contributed by atoms with Gasteiger partial charge in [0.25, 0.3) is 0 Å². The van der Waals surface area contributed by atoms with Crippen LogP contribution >= 0.6 is 11.8 Å². The van der Waals surface area contributed by atoms with Crippen LogP contribution in [-0.2, 0) is 6.42 Å². The summed E-state index contributed by atoms with van der Waals surface area (Å²) in [6, 6.07) is 5.84. The molecule has 0 aromatic carbocycles. The van der Waals surface area contributed by atoms with E-state index in [1.165, 1.54) is 11.8 Å². The zero-order valence-corrected chi connectivity index (χ0v) is 10.5. The minimum atomic E-state index is 0.159. The molecule has 1 unspecified atom stereocenters. The molecule has 0 radical (unpaired) electrons. The molecule has 2 heterocycles. The molecule has 5 heteroatoms. The van der Waals surface area contributed by atoms with E-state index in [0.29, 0.717) is 5.16 Å². The molecule has 4 nitrogen and oxygen atoms in total. The van der Waals surface area contributed by atoms with Gasteiger partial charge in [0.15, 0.2) is 10.2 Å². The maximum Gasteiger partial charge on any atom is 0.195 e. The van der Waals surface area contributed by atoms with Gasteiger partial charge in [-0.25, -0.2) is 9.97 Å². The second kappa shape index (κ2) is 5.84. The lowest BCUT2D eigenvalue weighted by Crippen LogP contribution is -2.20. The van der Waals surface area contributed by atoms with Gasteiger partial charge in [0.2, 0.25) is 0 Å². The molecule has 2 aromatic heterocycles. The summed E-state index contributed by atoms with van der Waals surface area (Å²) in [5.41, 5.74) is 5.88. The van der Waals surface area contributed by atoms with E-state index in [1.807, 2.05) is 12.1 Å². The van der Waals surface area contributed by atoms with Gasteiger partial charge in [0.1, 0.15) is 5.76 Å². The molecule has 0 saturated carbocycles. The van der Waals surface area contributed by atoms with E-state index in [4.69, 9.17) is 10.2 Å². The van der Waals surface area contributed by atoms with Gasteiger partial charge in [-0.15, -0.1) is 0 Å². The van der Waals surface area contributed by atoms with E-state index in [0.717, 1.165) is 23.7 Å². The molecule has 0 spiro atoms. The van der Waals surface area contributed by atoms with Gasteiger partial charge >= 0.3 is 0 Å². The Labute approximate surface area is 105 Å². The van der Waals surface area contributed by atoms with Crippen LogP contribution in [0.1, 0.15) is 19.1 Å². The van der Waals surface area contributed by atoms with Crippen LogP contribution in [0, 0.1) is 0 Å². The standard InChI is InChI=1S/C12H15N3OS/c1-2-9(13)8-10-4-5-11(16-10)17-12-14-6-3-7-15-12/h3-7,9H,2,8,13H2,1H3. The monoisotopic (exact) mass is 249 g/mol. The average molecular weight is 249 g/mol. The topological polar surface area (TPSA) is 64.9 Å². The highest BCUT2D eigenvalue weighted by Crippen LogP contribution is 2.26. The van der Waals surface area contributed by atoms with Gasteiger partial charge in [0.05, 0.1) is 0 Å². The molecular weight excluding hydrogens is 234 g/mol. The summed E-state index contributed by atoms with van der Waals surface area (Å²) >= 11 is 1.41. The first-order chi connectivity index (χ1) is 8.28. The molecule has 0 bridgehead atoms. The Morgan fingerprint density at radius 2 is 2.12 bits per heavy atom. The summed E-state index contributed by atoms with van der Waals surface area (Å²) in [5, 5.41) is 1.49. The zero-order chi connectivity index (χ0) is 12.1. The van der Waals surface area contributed by atoms with Crippen LogP contribution in [0.25, 0.3) is 0 Å². The number of nitrogens with two attached hydrogens (primary N) is 1. The van der Waals surface area contributed by atoms with Crippen molar-refractivity contribution in [1.29, 1.82) is 0 Å². The molecule has 0 saturated heterocycles. The fourth-order valence-corrected chi connectivity index (χ4v) is 2.05. The number of aromatic nitrogens is 2. The number of nitrogens with zero attached hydrogens (tertiary/aromatic N) is 2. The van der Waals surface area contributed by atoms with Crippen molar-refractivity contribution in [2.75, 3.05) is 0 Å². The lowest BCUT2D eigenvalue weighted by Gasteiger charge is -2.04. The van der Waals surface area contributed by atoms with E-state index >= 15 is 0 Å². The fraction of sp³-hybridized carbons (Fsp3) is 0.333. The molecule has 2 aromatic rings. The lowest BCUT2D eigenvalue weighted by molar-refractivity contribution is 0.415. The Bertz CT molecular complexity index is 458. The third-order valence-corrected chi connectivity index (χ3v) is 3.17. The largest absolute Gasteiger partial charge is 0.454 e. The van der Waals surface area contributed by atoms with E-state index in [1.54, 1.807) is 18.5 Å². The molecule has 90 valence electrons. The lowest BCUT2D eigenvalue weighted by atomic mass is 10.1. The molecule has 0 aliphatic heterocycles. The normalized spacial score (nSPS) is 12.6. The molecule has 2 N–H and O–H groups in total. The van der Waals surface area contributed by atoms with Crippen molar-refractivity contribution < 1.29 is 4.42 Å². The minimum Gasteiger partial charge on any atom is -0.454 e. The van der Waals surface area contributed by atoms with Gasteiger partial charge in [-0.1, -0.05) is 6.92 Å². The number of hydrogen-bond acceptors (Lipinski definition) is 5. The van der Waals surface area contributed by atoms with Crippen molar-refractivity contribution >= 4 is 11.8 Å². The average Bonchev–Trinajstić information content (AvgIpc) is 2.77. The second-order valence-corrected chi connectivity index (χ2v) is 4.70. The van der Waals surface area contributed by atoms with Crippen LogP contribution in [0.4, 0.5) is 0 Å². The predicted octanol–water partition coefficient (Wildman–Crippen LogP) is 2.50. The second-order valence-electron chi connectivity index (χ2n) is 3.73. The molecular formula is C12H15N3OS.